The lowest BCUT2D eigenvalue weighted by molar-refractivity contribution is 0.0951. The Bertz CT molecular complexity index is 886. The minimum absolute atomic E-state index is 0.000992. The number of methoxy groups -OCH3 is 1. The van der Waals surface area contributed by atoms with Crippen molar-refractivity contribution in [1.29, 1.82) is 0 Å². The van der Waals surface area contributed by atoms with Crippen molar-refractivity contribution in [3.63, 3.8) is 0 Å². The number of para-hydroxylation sites is 1. The quantitative estimate of drug-likeness (QED) is 0.507. The number of nitrogens with one attached hydrogen (secondary N) is 2. The van der Waals surface area contributed by atoms with Crippen LogP contribution in [0.1, 0.15) is 16.1 Å². The molecule has 0 aliphatic carbocycles. The number of carbonyl (C=O) groups excluding carboxylic acids is 1. The molecular formula is C16H14N4O3. The average molecular weight is 310 g/mol. The lowest BCUT2D eigenvalue weighted by Gasteiger charge is -2.03. The summed E-state index contributed by atoms with van der Waals surface area (Å²) in [7, 11) is 1.47. The fourth-order valence-electron chi connectivity index (χ4n) is 2.14. The van der Waals surface area contributed by atoms with Crippen LogP contribution in [0.4, 0.5) is 0 Å². The Morgan fingerprint density at radius 3 is 2.96 bits per heavy atom. The highest BCUT2D eigenvalue weighted by molar-refractivity contribution is 6.04. The number of ether oxygens (including phenoxy) is 1. The van der Waals surface area contributed by atoms with Crippen LogP contribution in [-0.2, 0) is 0 Å². The number of hydrazone groups is 1. The van der Waals surface area contributed by atoms with E-state index in [9.17, 15) is 9.90 Å². The van der Waals surface area contributed by atoms with Gasteiger partial charge in [-0.3, -0.25) is 9.89 Å². The minimum Gasteiger partial charge on any atom is -0.504 e. The number of H-pyrrole nitrogens is 1. The second-order valence-electron chi connectivity index (χ2n) is 4.75. The van der Waals surface area contributed by atoms with Crippen LogP contribution < -0.4 is 10.2 Å². The summed E-state index contributed by atoms with van der Waals surface area (Å²) >= 11 is 0. The van der Waals surface area contributed by atoms with E-state index in [1.807, 2.05) is 18.2 Å². The Labute approximate surface area is 131 Å². The number of aromatic nitrogens is 2. The second-order valence-corrected chi connectivity index (χ2v) is 4.75. The highest BCUT2D eigenvalue weighted by Gasteiger charge is 2.12. The number of aromatic hydroxyl groups is 1. The van der Waals surface area contributed by atoms with Crippen LogP contribution >= 0.6 is 0 Å². The van der Waals surface area contributed by atoms with Crippen molar-refractivity contribution in [2.75, 3.05) is 7.11 Å². The monoisotopic (exact) mass is 310 g/mol. The van der Waals surface area contributed by atoms with E-state index in [-0.39, 0.29) is 11.4 Å². The minimum atomic E-state index is -0.420. The van der Waals surface area contributed by atoms with Gasteiger partial charge in [0.15, 0.2) is 17.2 Å². The fraction of sp³-hybridized carbons (Fsp3) is 0.0625. The zero-order valence-corrected chi connectivity index (χ0v) is 12.3. The molecular weight excluding hydrogens is 296 g/mol. The van der Waals surface area contributed by atoms with Crippen molar-refractivity contribution >= 4 is 23.0 Å². The molecule has 1 heterocycles. The molecule has 7 nitrogen and oxygen atoms in total. The Morgan fingerprint density at radius 2 is 2.17 bits per heavy atom. The molecule has 0 saturated heterocycles. The fourth-order valence-corrected chi connectivity index (χ4v) is 2.14. The van der Waals surface area contributed by atoms with Crippen molar-refractivity contribution in [1.82, 2.24) is 15.6 Å². The first-order valence-electron chi connectivity index (χ1n) is 6.82. The highest BCUT2D eigenvalue weighted by Crippen LogP contribution is 2.25. The van der Waals surface area contributed by atoms with Crippen LogP contribution in [0.3, 0.4) is 0 Å². The molecule has 0 atom stereocenters. The van der Waals surface area contributed by atoms with Gasteiger partial charge < -0.3 is 9.84 Å². The Balaban J connectivity index is 1.72. The number of aromatic amines is 1. The molecule has 0 aliphatic rings. The largest absolute Gasteiger partial charge is 0.504 e. The summed E-state index contributed by atoms with van der Waals surface area (Å²) in [5.74, 6) is -0.0494. The number of carbonyl (C=O) groups is 1. The smallest absolute Gasteiger partial charge is 0.292 e. The molecule has 0 unspecified atom stereocenters. The topological polar surface area (TPSA) is 99.6 Å². The molecule has 0 fully saturated rings. The van der Waals surface area contributed by atoms with Gasteiger partial charge in [0.2, 0.25) is 0 Å². The van der Waals surface area contributed by atoms with Crippen LogP contribution in [0, 0.1) is 0 Å². The normalized spacial score (nSPS) is 11.0. The summed E-state index contributed by atoms with van der Waals surface area (Å²) in [6.45, 7) is 0. The Hall–Kier alpha value is -3.35. The first kappa shape index (κ1) is 14.6. The second kappa shape index (κ2) is 6.18. The van der Waals surface area contributed by atoms with Gasteiger partial charge >= 0.3 is 0 Å². The third kappa shape index (κ3) is 2.98. The number of rotatable bonds is 4. The molecule has 3 aromatic rings. The standard InChI is InChI=1S/C16H14N4O3/c1-23-14-7-6-10(8-13(14)21)9-17-20-16(22)15-11-4-2-3-5-12(11)18-19-15/h2-9,21H,1H3,(H,18,19)(H,20,22)/b17-9-. The van der Waals surface area contributed by atoms with Gasteiger partial charge in [-0.2, -0.15) is 10.2 Å². The molecule has 2 aromatic carbocycles. The highest BCUT2D eigenvalue weighted by atomic mass is 16.5. The number of hydrogen-bond acceptors (Lipinski definition) is 5. The molecule has 0 radical (unpaired) electrons. The van der Waals surface area contributed by atoms with Crippen LogP contribution in [0.25, 0.3) is 10.9 Å². The molecule has 3 N–H and O–H groups in total. The lowest BCUT2D eigenvalue weighted by atomic mass is 10.2. The van der Waals surface area contributed by atoms with E-state index >= 15 is 0 Å². The molecule has 1 aromatic heterocycles. The molecule has 3 rings (SSSR count). The zero-order valence-electron chi connectivity index (χ0n) is 12.3. The van der Waals surface area contributed by atoms with Gasteiger partial charge in [-0.05, 0) is 29.8 Å². The molecule has 0 saturated carbocycles. The third-order valence-electron chi connectivity index (χ3n) is 3.27. The van der Waals surface area contributed by atoms with Gasteiger partial charge in [-0.25, -0.2) is 5.43 Å². The van der Waals surface area contributed by atoms with Gasteiger partial charge in [0.1, 0.15) is 0 Å². The number of benzene rings is 2. The molecule has 0 bridgehead atoms. The van der Waals surface area contributed by atoms with Gasteiger partial charge in [-0.15, -0.1) is 0 Å². The maximum atomic E-state index is 12.1. The van der Waals surface area contributed by atoms with Crippen LogP contribution in [0.5, 0.6) is 11.5 Å². The summed E-state index contributed by atoms with van der Waals surface area (Å²) in [5.41, 5.74) is 4.08. The first-order valence-corrected chi connectivity index (χ1v) is 6.82. The number of amides is 1. The average Bonchev–Trinajstić information content (AvgIpc) is 2.99. The third-order valence-corrected chi connectivity index (χ3v) is 3.27. The Kier molecular flexibility index (Phi) is 3.92. The number of phenols is 1. The van der Waals surface area contributed by atoms with Crippen molar-refractivity contribution < 1.29 is 14.6 Å². The lowest BCUT2D eigenvalue weighted by Crippen LogP contribution is -2.18. The first-order chi connectivity index (χ1) is 11.2. The maximum absolute atomic E-state index is 12.1. The van der Waals surface area contributed by atoms with Gasteiger partial charge in [0.05, 0.1) is 18.8 Å². The van der Waals surface area contributed by atoms with Crippen molar-refractivity contribution in [2.45, 2.75) is 0 Å². The van der Waals surface area contributed by atoms with Gasteiger partial charge in [-0.1, -0.05) is 18.2 Å². The molecule has 0 spiro atoms. The molecule has 7 heteroatoms. The molecule has 1 amide bonds. The van der Waals surface area contributed by atoms with E-state index in [0.717, 1.165) is 10.9 Å². The van der Waals surface area contributed by atoms with E-state index in [1.54, 1.807) is 18.2 Å². The SMILES string of the molecule is COc1ccc(/C=N\NC(=O)c2n[nH]c3ccccc23)cc1O. The Morgan fingerprint density at radius 1 is 1.35 bits per heavy atom. The number of hydrogen-bond donors (Lipinski definition) is 3. The summed E-state index contributed by atoms with van der Waals surface area (Å²) in [5, 5.41) is 21.1. The van der Waals surface area contributed by atoms with E-state index in [0.29, 0.717) is 11.3 Å². The van der Waals surface area contributed by atoms with Crippen molar-refractivity contribution in [3.05, 3.63) is 53.7 Å². The molecule has 116 valence electrons. The van der Waals surface area contributed by atoms with E-state index < -0.39 is 5.91 Å². The summed E-state index contributed by atoms with van der Waals surface area (Å²) in [6, 6.07) is 12.1. The summed E-state index contributed by atoms with van der Waals surface area (Å²) < 4.78 is 4.96. The zero-order chi connectivity index (χ0) is 16.2. The van der Waals surface area contributed by atoms with Crippen LogP contribution in [0.2, 0.25) is 0 Å². The molecule has 23 heavy (non-hydrogen) atoms. The predicted octanol–water partition coefficient (Wildman–Crippen LogP) is 2.04. The summed E-state index contributed by atoms with van der Waals surface area (Å²) in [6.07, 6.45) is 1.42. The molecule has 0 aliphatic heterocycles. The summed E-state index contributed by atoms with van der Waals surface area (Å²) in [4.78, 5) is 12.1. The predicted molar refractivity (Wildman–Crippen MR) is 85.8 cm³/mol. The number of phenolic OH excluding ortho intramolecular Hbond substituents is 1. The van der Waals surface area contributed by atoms with Gasteiger partial charge in [0, 0.05) is 5.39 Å². The van der Waals surface area contributed by atoms with E-state index in [4.69, 9.17) is 4.74 Å². The van der Waals surface area contributed by atoms with E-state index in [2.05, 4.69) is 20.7 Å². The van der Waals surface area contributed by atoms with Crippen molar-refractivity contribution in [2.24, 2.45) is 5.10 Å². The van der Waals surface area contributed by atoms with Crippen LogP contribution in [0.15, 0.2) is 47.6 Å². The number of nitrogens with zero attached hydrogens (tertiary/aromatic N) is 2. The maximum Gasteiger partial charge on any atom is 0.292 e. The van der Waals surface area contributed by atoms with Crippen LogP contribution in [-0.4, -0.2) is 34.5 Å². The number of fused-ring (bicyclic) bond motifs is 1. The van der Waals surface area contributed by atoms with E-state index in [1.165, 1.54) is 19.4 Å². The van der Waals surface area contributed by atoms with Crippen molar-refractivity contribution in [3.8, 4) is 11.5 Å². The van der Waals surface area contributed by atoms with Gasteiger partial charge in [0.25, 0.3) is 5.91 Å².